The number of nitrogens with two attached hydrogens (primary N) is 1. The summed E-state index contributed by atoms with van der Waals surface area (Å²) in [5.74, 6) is 0.893. The van der Waals surface area contributed by atoms with Crippen LogP contribution >= 0.6 is 11.6 Å². The van der Waals surface area contributed by atoms with Crippen molar-refractivity contribution in [3.63, 3.8) is 0 Å². The van der Waals surface area contributed by atoms with Crippen molar-refractivity contribution in [1.82, 2.24) is 4.90 Å². The number of halogens is 1. The smallest absolute Gasteiger partial charge is 0.0473 e. The fourth-order valence-corrected chi connectivity index (χ4v) is 3.62. The summed E-state index contributed by atoms with van der Waals surface area (Å²) in [6, 6.07) is 6.52. The van der Waals surface area contributed by atoms with E-state index in [0.29, 0.717) is 12.6 Å². The van der Waals surface area contributed by atoms with Gasteiger partial charge in [-0.15, -0.1) is 0 Å². The second-order valence-corrected chi connectivity index (χ2v) is 6.43. The van der Waals surface area contributed by atoms with Crippen LogP contribution < -0.4 is 5.73 Å². The first-order chi connectivity index (χ1) is 9.65. The molecule has 2 rings (SSSR count). The first-order valence-corrected chi connectivity index (χ1v) is 8.23. The summed E-state index contributed by atoms with van der Waals surface area (Å²) in [5, 5.41) is 0.809. The molecule has 1 saturated heterocycles. The Bertz CT molecular complexity index is 433. The van der Waals surface area contributed by atoms with Crippen LogP contribution in [-0.4, -0.2) is 24.5 Å². The zero-order chi connectivity index (χ0) is 14.5. The van der Waals surface area contributed by atoms with Gasteiger partial charge in [0.1, 0.15) is 0 Å². The summed E-state index contributed by atoms with van der Waals surface area (Å²) in [4.78, 5) is 2.58. The SMILES string of the molecule is CCC1CCCN(C(CN)c2ccc(Cl)cc2C)CC1. The molecule has 2 atom stereocenters. The van der Waals surface area contributed by atoms with E-state index < -0.39 is 0 Å². The zero-order valence-electron chi connectivity index (χ0n) is 12.7. The molecule has 1 fully saturated rings. The molecular formula is C17H27ClN2. The van der Waals surface area contributed by atoms with Gasteiger partial charge in [-0.1, -0.05) is 31.0 Å². The summed E-state index contributed by atoms with van der Waals surface area (Å²) in [6.45, 7) is 7.46. The molecule has 0 aromatic heterocycles. The number of hydrogen-bond donors (Lipinski definition) is 1. The molecule has 0 bridgehead atoms. The maximum atomic E-state index is 6.09. The van der Waals surface area contributed by atoms with Crippen LogP contribution in [0.4, 0.5) is 0 Å². The molecule has 20 heavy (non-hydrogen) atoms. The molecule has 1 heterocycles. The van der Waals surface area contributed by atoms with Crippen LogP contribution in [0.2, 0.25) is 5.02 Å². The molecule has 0 amide bonds. The van der Waals surface area contributed by atoms with Gasteiger partial charge in [0.15, 0.2) is 0 Å². The predicted octanol–water partition coefficient (Wildman–Crippen LogP) is 4.16. The standard InChI is InChI=1S/C17H27ClN2/c1-3-14-5-4-9-20(10-8-14)17(12-19)16-7-6-15(18)11-13(16)2/h6-7,11,14,17H,3-5,8-10,12,19H2,1-2H3. The summed E-state index contributed by atoms with van der Waals surface area (Å²) in [7, 11) is 0. The van der Waals surface area contributed by atoms with Crippen LogP contribution in [0.1, 0.15) is 49.8 Å². The molecule has 2 N–H and O–H groups in total. The van der Waals surface area contributed by atoms with E-state index in [0.717, 1.165) is 10.9 Å². The van der Waals surface area contributed by atoms with Gasteiger partial charge in [0.2, 0.25) is 0 Å². The van der Waals surface area contributed by atoms with Gasteiger partial charge >= 0.3 is 0 Å². The Hall–Kier alpha value is -0.570. The van der Waals surface area contributed by atoms with Crippen molar-refractivity contribution in [3.8, 4) is 0 Å². The number of hydrogen-bond acceptors (Lipinski definition) is 2. The number of rotatable bonds is 4. The van der Waals surface area contributed by atoms with Crippen molar-refractivity contribution >= 4 is 11.6 Å². The Morgan fingerprint density at radius 1 is 1.35 bits per heavy atom. The normalized spacial score (nSPS) is 22.5. The van der Waals surface area contributed by atoms with E-state index in [1.54, 1.807) is 0 Å². The molecule has 0 aliphatic carbocycles. The van der Waals surface area contributed by atoms with Gasteiger partial charge in [0.05, 0.1) is 0 Å². The Morgan fingerprint density at radius 3 is 2.80 bits per heavy atom. The maximum absolute atomic E-state index is 6.09. The highest BCUT2D eigenvalue weighted by molar-refractivity contribution is 6.30. The van der Waals surface area contributed by atoms with Crippen LogP contribution in [0, 0.1) is 12.8 Å². The van der Waals surface area contributed by atoms with Crippen LogP contribution in [0.25, 0.3) is 0 Å². The number of nitrogens with zero attached hydrogens (tertiary/aromatic N) is 1. The lowest BCUT2D eigenvalue weighted by atomic mass is 9.98. The second-order valence-electron chi connectivity index (χ2n) is 5.99. The molecule has 112 valence electrons. The first kappa shape index (κ1) is 15.8. The minimum Gasteiger partial charge on any atom is -0.329 e. The molecule has 3 heteroatoms. The zero-order valence-corrected chi connectivity index (χ0v) is 13.5. The van der Waals surface area contributed by atoms with Gasteiger partial charge in [0.25, 0.3) is 0 Å². The van der Waals surface area contributed by atoms with Crippen LogP contribution in [0.5, 0.6) is 0 Å². The summed E-state index contributed by atoms with van der Waals surface area (Å²) in [5.41, 5.74) is 8.68. The number of likely N-dealkylation sites (tertiary alicyclic amines) is 1. The molecular weight excluding hydrogens is 268 g/mol. The molecule has 0 saturated carbocycles. The van der Waals surface area contributed by atoms with Gasteiger partial charge in [-0.05, 0) is 68.5 Å². The quantitative estimate of drug-likeness (QED) is 0.903. The van der Waals surface area contributed by atoms with Gasteiger partial charge in [-0.2, -0.15) is 0 Å². The third-order valence-electron chi connectivity index (χ3n) is 4.71. The van der Waals surface area contributed by atoms with E-state index in [2.05, 4.69) is 24.8 Å². The predicted molar refractivity (Wildman–Crippen MR) is 87.2 cm³/mol. The highest BCUT2D eigenvalue weighted by atomic mass is 35.5. The fraction of sp³-hybridized carbons (Fsp3) is 0.647. The lowest BCUT2D eigenvalue weighted by molar-refractivity contribution is 0.206. The van der Waals surface area contributed by atoms with Crippen molar-refractivity contribution in [2.75, 3.05) is 19.6 Å². The second kappa shape index (κ2) is 7.44. The maximum Gasteiger partial charge on any atom is 0.0473 e. The van der Waals surface area contributed by atoms with Crippen molar-refractivity contribution in [1.29, 1.82) is 0 Å². The first-order valence-electron chi connectivity index (χ1n) is 7.85. The third kappa shape index (κ3) is 3.75. The van der Waals surface area contributed by atoms with Crippen molar-refractivity contribution in [2.24, 2.45) is 11.7 Å². The van der Waals surface area contributed by atoms with Gasteiger partial charge in [-0.3, -0.25) is 4.90 Å². The van der Waals surface area contributed by atoms with Gasteiger partial charge < -0.3 is 5.73 Å². The van der Waals surface area contributed by atoms with E-state index in [1.807, 2.05) is 12.1 Å². The lowest BCUT2D eigenvalue weighted by Crippen LogP contribution is -2.35. The monoisotopic (exact) mass is 294 g/mol. The topological polar surface area (TPSA) is 29.3 Å². The molecule has 0 spiro atoms. The van der Waals surface area contributed by atoms with E-state index in [-0.39, 0.29) is 0 Å². The average molecular weight is 295 g/mol. The lowest BCUT2D eigenvalue weighted by Gasteiger charge is -2.31. The highest BCUT2D eigenvalue weighted by Crippen LogP contribution is 2.29. The van der Waals surface area contributed by atoms with Crippen LogP contribution in [-0.2, 0) is 0 Å². The molecule has 2 nitrogen and oxygen atoms in total. The highest BCUT2D eigenvalue weighted by Gasteiger charge is 2.23. The molecule has 0 radical (unpaired) electrons. The van der Waals surface area contributed by atoms with E-state index in [4.69, 9.17) is 17.3 Å². The minimum absolute atomic E-state index is 0.336. The number of benzene rings is 1. The minimum atomic E-state index is 0.336. The van der Waals surface area contributed by atoms with E-state index >= 15 is 0 Å². The molecule has 1 aliphatic heterocycles. The average Bonchev–Trinajstić information content (AvgIpc) is 2.67. The van der Waals surface area contributed by atoms with Crippen molar-refractivity contribution in [3.05, 3.63) is 34.3 Å². The largest absolute Gasteiger partial charge is 0.329 e. The Morgan fingerprint density at radius 2 is 2.15 bits per heavy atom. The fourth-order valence-electron chi connectivity index (χ4n) is 3.39. The summed E-state index contributed by atoms with van der Waals surface area (Å²) < 4.78 is 0. The summed E-state index contributed by atoms with van der Waals surface area (Å²) in [6.07, 6.45) is 5.27. The van der Waals surface area contributed by atoms with E-state index in [1.165, 1.54) is 49.9 Å². The third-order valence-corrected chi connectivity index (χ3v) is 4.95. The Balaban J connectivity index is 2.15. The van der Waals surface area contributed by atoms with Gasteiger partial charge in [-0.25, -0.2) is 0 Å². The Kier molecular flexibility index (Phi) is 5.88. The summed E-state index contributed by atoms with van der Waals surface area (Å²) >= 11 is 6.07. The molecule has 1 aromatic rings. The van der Waals surface area contributed by atoms with Crippen LogP contribution in [0.3, 0.4) is 0 Å². The van der Waals surface area contributed by atoms with Crippen molar-refractivity contribution in [2.45, 2.75) is 45.6 Å². The van der Waals surface area contributed by atoms with Gasteiger partial charge in [0, 0.05) is 17.6 Å². The number of aryl methyl sites for hydroxylation is 1. The van der Waals surface area contributed by atoms with Crippen molar-refractivity contribution < 1.29 is 0 Å². The van der Waals surface area contributed by atoms with E-state index in [9.17, 15) is 0 Å². The Labute approximate surface area is 128 Å². The molecule has 1 aromatic carbocycles. The molecule has 2 unspecified atom stereocenters. The van der Waals surface area contributed by atoms with Crippen LogP contribution in [0.15, 0.2) is 18.2 Å². The molecule has 1 aliphatic rings.